The topological polar surface area (TPSA) is 8.81 Å². The molecule has 0 aliphatic rings. The number of hydrogen-bond donors (Lipinski definition) is 0. The summed E-state index contributed by atoms with van der Waals surface area (Å²) in [7, 11) is 2.04. The number of nitrogens with zero attached hydrogens (tertiary/aromatic N) is 2. The van der Waals surface area contributed by atoms with Gasteiger partial charge in [-0.25, -0.2) is 9.13 Å². The van der Waals surface area contributed by atoms with Crippen molar-refractivity contribution in [1.82, 2.24) is 4.57 Å². The standard InChI is InChI=1S/C8H15N2.HI/c1-4-8(2)10-6-5-9(3)7-10;/h5-8H,4H2,1-3H3;1H/q+1;/p-1. The second kappa shape index (κ2) is 4.74. The molecular weight excluding hydrogens is 251 g/mol. The molecule has 0 radical (unpaired) electrons. The molecule has 0 spiro atoms. The molecule has 0 fully saturated rings. The molecule has 0 saturated carbocycles. The summed E-state index contributed by atoms with van der Waals surface area (Å²) in [5.41, 5.74) is 0. The Hall–Kier alpha value is -0.0600. The summed E-state index contributed by atoms with van der Waals surface area (Å²) in [5.74, 6) is 0. The number of aryl methyl sites for hydroxylation is 1. The van der Waals surface area contributed by atoms with E-state index in [0.29, 0.717) is 6.04 Å². The first kappa shape index (κ1) is 10.9. The van der Waals surface area contributed by atoms with Crippen LogP contribution < -0.4 is 28.5 Å². The number of aromatic nitrogens is 2. The molecule has 0 aromatic carbocycles. The van der Waals surface area contributed by atoms with Crippen molar-refractivity contribution in [2.24, 2.45) is 7.05 Å². The van der Waals surface area contributed by atoms with E-state index in [9.17, 15) is 0 Å². The monoisotopic (exact) mass is 266 g/mol. The second-order valence-corrected chi connectivity index (χ2v) is 2.78. The minimum Gasteiger partial charge on any atom is -1.00 e. The Labute approximate surface area is 85.2 Å². The van der Waals surface area contributed by atoms with E-state index in [4.69, 9.17) is 0 Å². The van der Waals surface area contributed by atoms with Crippen molar-refractivity contribution in [3.8, 4) is 0 Å². The molecule has 64 valence electrons. The molecule has 1 heterocycles. The van der Waals surface area contributed by atoms with Crippen LogP contribution in [0.3, 0.4) is 0 Å². The summed E-state index contributed by atoms with van der Waals surface area (Å²) in [6, 6.07) is 0.626. The van der Waals surface area contributed by atoms with E-state index in [1.165, 1.54) is 6.42 Å². The largest absolute Gasteiger partial charge is 1.00 e. The van der Waals surface area contributed by atoms with Crippen LogP contribution in [0.5, 0.6) is 0 Å². The third-order valence-electron chi connectivity index (χ3n) is 1.89. The Morgan fingerprint density at radius 1 is 1.55 bits per heavy atom. The molecule has 2 nitrogen and oxygen atoms in total. The van der Waals surface area contributed by atoms with Gasteiger partial charge in [0, 0.05) is 0 Å². The number of hydrogen-bond acceptors (Lipinski definition) is 0. The third kappa shape index (κ3) is 2.81. The summed E-state index contributed by atoms with van der Waals surface area (Å²) < 4.78 is 4.28. The normalized spacial score (nSPS) is 12.3. The Balaban J connectivity index is 0.000001000. The lowest BCUT2D eigenvalue weighted by Gasteiger charge is -2.01. The van der Waals surface area contributed by atoms with Crippen LogP contribution in [0.1, 0.15) is 26.3 Å². The van der Waals surface area contributed by atoms with Gasteiger partial charge in [0.05, 0.1) is 13.1 Å². The highest BCUT2D eigenvalue weighted by atomic mass is 127. The van der Waals surface area contributed by atoms with Crippen LogP contribution in [-0.2, 0) is 7.05 Å². The van der Waals surface area contributed by atoms with Crippen LogP contribution in [0.25, 0.3) is 0 Å². The number of imidazole rings is 1. The molecule has 1 aromatic rings. The summed E-state index contributed by atoms with van der Waals surface area (Å²) in [6.07, 6.45) is 7.46. The molecule has 3 heteroatoms. The van der Waals surface area contributed by atoms with E-state index in [-0.39, 0.29) is 24.0 Å². The Kier molecular flexibility index (Phi) is 4.72. The van der Waals surface area contributed by atoms with Gasteiger partial charge in [-0.1, -0.05) is 6.92 Å². The Morgan fingerprint density at radius 2 is 2.18 bits per heavy atom. The van der Waals surface area contributed by atoms with Crippen molar-refractivity contribution in [3.05, 3.63) is 18.7 Å². The maximum atomic E-state index is 2.22. The fraction of sp³-hybridized carbons (Fsp3) is 0.625. The lowest BCUT2D eigenvalue weighted by Crippen LogP contribution is -3.00. The molecule has 1 rings (SSSR count). The Bertz CT molecular complexity index is 208. The fourth-order valence-electron chi connectivity index (χ4n) is 0.941. The van der Waals surface area contributed by atoms with Gasteiger partial charge in [0.25, 0.3) is 0 Å². The van der Waals surface area contributed by atoms with Gasteiger partial charge in [-0.2, -0.15) is 0 Å². The quantitative estimate of drug-likeness (QED) is 0.445. The van der Waals surface area contributed by atoms with Gasteiger partial charge >= 0.3 is 0 Å². The lowest BCUT2D eigenvalue weighted by molar-refractivity contribution is -0.671. The lowest BCUT2D eigenvalue weighted by atomic mass is 10.3. The van der Waals surface area contributed by atoms with Crippen LogP contribution in [0, 0.1) is 0 Å². The van der Waals surface area contributed by atoms with E-state index in [0.717, 1.165) is 0 Å². The molecule has 11 heavy (non-hydrogen) atoms. The Morgan fingerprint density at radius 3 is 2.55 bits per heavy atom. The first-order chi connectivity index (χ1) is 4.74. The van der Waals surface area contributed by atoms with E-state index >= 15 is 0 Å². The van der Waals surface area contributed by atoms with E-state index < -0.39 is 0 Å². The highest BCUT2D eigenvalue weighted by Gasteiger charge is 2.06. The molecule has 1 aromatic heterocycles. The molecule has 0 saturated heterocycles. The SMILES string of the molecule is CCC(C)n1cc[n+](C)c1.[I-]. The van der Waals surface area contributed by atoms with Crippen LogP contribution in [0.2, 0.25) is 0 Å². The first-order valence-electron chi connectivity index (χ1n) is 3.76. The predicted octanol–water partition coefficient (Wildman–Crippen LogP) is -1.71. The molecule has 0 N–H and O–H groups in total. The van der Waals surface area contributed by atoms with Crippen molar-refractivity contribution in [2.75, 3.05) is 0 Å². The van der Waals surface area contributed by atoms with E-state index in [1.54, 1.807) is 0 Å². The average molecular weight is 266 g/mol. The molecule has 1 atom stereocenters. The van der Waals surface area contributed by atoms with E-state index in [2.05, 4.69) is 41.7 Å². The predicted molar refractivity (Wildman–Crippen MR) is 40.6 cm³/mol. The van der Waals surface area contributed by atoms with Gasteiger partial charge in [0.15, 0.2) is 0 Å². The van der Waals surface area contributed by atoms with Crippen LogP contribution in [-0.4, -0.2) is 4.57 Å². The van der Waals surface area contributed by atoms with Crippen molar-refractivity contribution < 1.29 is 28.5 Å². The zero-order chi connectivity index (χ0) is 7.56. The maximum Gasteiger partial charge on any atom is 0.243 e. The summed E-state index contributed by atoms with van der Waals surface area (Å²) in [5, 5.41) is 0. The van der Waals surface area contributed by atoms with Crippen molar-refractivity contribution >= 4 is 0 Å². The minimum absolute atomic E-state index is 0. The van der Waals surface area contributed by atoms with Crippen LogP contribution >= 0.6 is 0 Å². The van der Waals surface area contributed by atoms with E-state index in [1.807, 2.05) is 7.05 Å². The molecule has 0 amide bonds. The maximum absolute atomic E-state index is 2.22. The zero-order valence-corrected chi connectivity index (χ0v) is 9.45. The van der Waals surface area contributed by atoms with Gasteiger partial charge in [0.2, 0.25) is 6.33 Å². The first-order valence-corrected chi connectivity index (χ1v) is 3.76. The average Bonchev–Trinajstić information content (AvgIpc) is 2.34. The van der Waals surface area contributed by atoms with Gasteiger partial charge < -0.3 is 24.0 Å². The molecule has 0 aliphatic heterocycles. The smallest absolute Gasteiger partial charge is 0.243 e. The number of rotatable bonds is 2. The molecule has 0 aliphatic carbocycles. The number of halogens is 1. The van der Waals surface area contributed by atoms with Crippen LogP contribution in [0.15, 0.2) is 18.7 Å². The zero-order valence-electron chi connectivity index (χ0n) is 7.29. The fourth-order valence-corrected chi connectivity index (χ4v) is 0.941. The van der Waals surface area contributed by atoms with Gasteiger partial charge in [-0.3, -0.25) is 0 Å². The third-order valence-corrected chi connectivity index (χ3v) is 1.89. The minimum atomic E-state index is 0. The van der Waals surface area contributed by atoms with Gasteiger partial charge in [-0.15, -0.1) is 0 Å². The van der Waals surface area contributed by atoms with Gasteiger partial charge in [0.1, 0.15) is 12.4 Å². The summed E-state index contributed by atoms with van der Waals surface area (Å²) in [6.45, 7) is 4.42. The molecule has 0 bridgehead atoms. The van der Waals surface area contributed by atoms with Crippen molar-refractivity contribution in [1.29, 1.82) is 0 Å². The second-order valence-electron chi connectivity index (χ2n) is 2.78. The molecular formula is C8H15IN2. The summed E-state index contributed by atoms with van der Waals surface area (Å²) >= 11 is 0. The molecule has 1 unspecified atom stereocenters. The van der Waals surface area contributed by atoms with Crippen molar-refractivity contribution in [3.63, 3.8) is 0 Å². The highest BCUT2D eigenvalue weighted by molar-refractivity contribution is 4.71. The van der Waals surface area contributed by atoms with Gasteiger partial charge in [-0.05, 0) is 13.3 Å². The summed E-state index contributed by atoms with van der Waals surface area (Å²) in [4.78, 5) is 0. The van der Waals surface area contributed by atoms with Crippen molar-refractivity contribution in [2.45, 2.75) is 26.3 Å². The van der Waals surface area contributed by atoms with Crippen LogP contribution in [0.4, 0.5) is 0 Å². The highest BCUT2D eigenvalue weighted by Crippen LogP contribution is 2.06.